The second-order valence-electron chi connectivity index (χ2n) is 7.18. The summed E-state index contributed by atoms with van der Waals surface area (Å²) < 4.78 is 11.0. The average molecular weight is 422 g/mol. The zero-order chi connectivity index (χ0) is 22.0. The van der Waals surface area contributed by atoms with Crippen molar-refractivity contribution in [2.75, 3.05) is 24.8 Å². The van der Waals surface area contributed by atoms with Crippen molar-refractivity contribution in [1.29, 1.82) is 0 Å². The number of nitrogens with one attached hydrogen (secondary N) is 3. The molecule has 0 aliphatic heterocycles. The second-order valence-corrected chi connectivity index (χ2v) is 7.18. The van der Waals surface area contributed by atoms with Gasteiger partial charge in [0.2, 0.25) is 5.91 Å². The van der Waals surface area contributed by atoms with E-state index in [-0.39, 0.29) is 23.3 Å². The number of carbonyl (C=O) groups is 2. The summed E-state index contributed by atoms with van der Waals surface area (Å²) in [6.45, 7) is 1.83. The predicted octanol–water partition coefficient (Wildman–Crippen LogP) is 2.90. The fourth-order valence-corrected chi connectivity index (χ4v) is 3.09. The van der Waals surface area contributed by atoms with E-state index in [1.165, 1.54) is 7.05 Å². The summed E-state index contributed by atoms with van der Waals surface area (Å²) in [5.74, 6) is 0.799. The monoisotopic (exact) mass is 422 g/mol. The highest BCUT2D eigenvalue weighted by Gasteiger charge is 2.30. The fourth-order valence-electron chi connectivity index (χ4n) is 3.09. The number of aryl methyl sites for hydroxylation is 1. The second kappa shape index (κ2) is 8.42. The molecule has 0 radical (unpaired) electrons. The minimum absolute atomic E-state index is 0.0129. The van der Waals surface area contributed by atoms with Crippen molar-refractivity contribution in [3.05, 3.63) is 41.7 Å². The topological polar surface area (TPSA) is 131 Å². The van der Waals surface area contributed by atoms with Gasteiger partial charge in [0.25, 0.3) is 5.91 Å². The lowest BCUT2D eigenvalue weighted by Crippen LogP contribution is -2.22. The molecule has 2 aromatic heterocycles. The third-order valence-electron chi connectivity index (χ3n) is 4.82. The van der Waals surface area contributed by atoms with Gasteiger partial charge in [0, 0.05) is 25.1 Å². The van der Waals surface area contributed by atoms with Crippen molar-refractivity contribution in [2.24, 2.45) is 5.92 Å². The molecular formula is C21H22N6O4. The maximum atomic E-state index is 12.3. The van der Waals surface area contributed by atoms with Crippen LogP contribution >= 0.6 is 0 Å². The number of rotatable bonds is 7. The molecule has 10 heteroatoms. The van der Waals surface area contributed by atoms with Crippen molar-refractivity contribution in [2.45, 2.75) is 19.8 Å². The Morgan fingerprint density at radius 3 is 2.61 bits per heavy atom. The number of carbonyl (C=O) groups excluding carboxylic acids is 2. The minimum atomic E-state index is -0.420. The molecule has 3 aromatic rings. The molecule has 1 fully saturated rings. The summed E-state index contributed by atoms with van der Waals surface area (Å²) in [4.78, 5) is 24.4. The third-order valence-corrected chi connectivity index (χ3v) is 4.82. The van der Waals surface area contributed by atoms with Crippen LogP contribution in [0.5, 0.6) is 5.75 Å². The summed E-state index contributed by atoms with van der Waals surface area (Å²) >= 11 is 0. The highest BCUT2D eigenvalue weighted by molar-refractivity contribution is 6.00. The van der Waals surface area contributed by atoms with Gasteiger partial charge in [-0.05, 0) is 31.9 Å². The summed E-state index contributed by atoms with van der Waals surface area (Å²) in [5, 5.41) is 20.4. The van der Waals surface area contributed by atoms with E-state index in [1.54, 1.807) is 25.3 Å². The van der Waals surface area contributed by atoms with Gasteiger partial charge in [0.15, 0.2) is 23.0 Å². The zero-order valence-electron chi connectivity index (χ0n) is 17.4. The lowest BCUT2D eigenvalue weighted by molar-refractivity contribution is -0.117. The lowest BCUT2D eigenvalue weighted by Gasteiger charge is -2.16. The molecule has 10 nitrogen and oxygen atoms in total. The number of nitrogens with zero attached hydrogens (tertiary/aromatic N) is 3. The summed E-state index contributed by atoms with van der Waals surface area (Å²) in [5.41, 5.74) is 2.46. The van der Waals surface area contributed by atoms with Crippen LogP contribution in [0.15, 0.2) is 34.9 Å². The highest BCUT2D eigenvalue weighted by Crippen LogP contribution is 2.38. The Hall–Kier alpha value is -3.95. The molecule has 1 aromatic carbocycles. The number of amides is 2. The molecular weight excluding hydrogens is 400 g/mol. The number of hydrogen-bond acceptors (Lipinski definition) is 8. The van der Waals surface area contributed by atoms with Crippen LogP contribution in [0, 0.1) is 12.8 Å². The Labute approximate surface area is 178 Å². The van der Waals surface area contributed by atoms with Crippen LogP contribution in [0.2, 0.25) is 0 Å². The Morgan fingerprint density at radius 2 is 1.97 bits per heavy atom. The first-order valence-electron chi connectivity index (χ1n) is 9.78. The molecule has 0 unspecified atom stereocenters. The number of aromatic nitrogens is 3. The normalized spacial score (nSPS) is 12.9. The van der Waals surface area contributed by atoms with E-state index >= 15 is 0 Å². The van der Waals surface area contributed by atoms with E-state index in [1.807, 2.05) is 19.1 Å². The predicted molar refractivity (Wildman–Crippen MR) is 113 cm³/mol. The maximum absolute atomic E-state index is 12.3. The van der Waals surface area contributed by atoms with Crippen molar-refractivity contribution < 1.29 is 18.8 Å². The molecule has 0 atom stereocenters. The van der Waals surface area contributed by atoms with Gasteiger partial charge in [0.1, 0.15) is 0 Å². The van der Waals surface area contributed by atoms with E-state index in [0.29, 0.717) is 28.4 Å². The van der Waals surface area contributed by atoms with Crippen molar-refractivity contribution in [3.63, 3.8) is 0 Å². The van der Waals surface area contributed by atoms with Gasteiger partial charge >= 0.3 is 0 Å². The molecule has 2 heterocycles. The number of methoxy groups -OCH3 is 1. The third kappa shape index (κ3) is 4.32. The van der Waals surface area contributed by atoms with Crippen LogP contribution in [0.25, 0.3) is 11.3 Å². The Kier molecular flexibility index (Phi) is 5.52. The van der Waals surface area contributed by atoms with Crippen LogP contribution < -0.4 is 20.7 Å². The van der Waals surface area contributed by atoms with Crippen LogP contribution in [0.4, 0.5) is 17.2 Å². The first-order chi connectivity index (χ1) is 15.0. The fraction of sp³-hybridized carbons (Fsp3) is 0.286. The van der Waals surface area contributed by atoms with Gasteiger partial charge in [-0.1, -0.05) is 11.2 Å². The number of anilines is 3. The van der Waals surface area contributed by atoms with Gasteiger partial charge in [-0.25, -0.2) is 0 Å². The Morgan fingerprint density at radius 1 is 1.16 bits per heavy atom. The largest absolute Gasteiger partial charge is 0.494 e. The first-order valence-corrected chi connectivity index (χ1v) is 9.78. The van der Waals surface area contributed by atoms with Crippen LogP contribution in [-0.2, 0) is 4.79 Å². The number of benzene rings is 1. The van der Waals surface area contributed by atoms with Gasteiger partial charge < -0.3 is 25.2 Å². The molecule has 1 aliphatic rings. The van der Waals surface area contributed by atoms with Gasteiger partial charge in [-0.2, -0.15) is 0 Å². The molecule has 31 heavy (non-hydrogen) atoms. The first kappa shape index (κ1) is 20.3. The van der Waals surface area contributed by atoms with Crippen molar-refractivity contribution in [3.8, 4) is 17.1 Å². The number of hydrogen-bond donors (Lipinski definition) is 3. The van der Waals surface area contributed by atoms with Gasteiger partial charge in [-0.15, -0.1) is 10.2 Å². The van der Waals surface area contributed by atoms with Crippen LogP contribution in [0.1, 0.15) is 29.0 Å². The molecule has 0 bridgehead atoms. The quantitative estimate of drug-likeness (QED) is 0.530. The molecule has 2 amide bonds. The molecule has 4 rings (SSSR count). The highest BCUT2D eigenvalue weighted by atomic mass is 16.5. The van der Waals surface area contributed by atoms with E-state index in [4.69, 9.17) is 9.26 Å². The molecule has 1 saturated carbocycles. The lowest BCUT2D eigenvalue weighted by atomic mass is 10.1. The summed E-state index contributed by atoms with van der Waals surface area (Å²) in [7, 11) is 3.04. The van der Waals surface area contributed by atoms with Crippen LogP contribution in [0.3, 0.4) is 0 Å². The van der Waals surface area contributed by atoms with E-state index in [9.17, 15) is 9.59 Å². The molecule has 0 spiro atoms. The molecule has 1 aliphatic carbocycles. The van der Waals surface area contributed by atoms with E-state index in [0.717, 1.165) is 18.5 Å². The smallest absolute Gasteiger partial charge is 0.273 e. The van der Waals surface area contributed by atoms with Gasteiger partial charge in [-0.3, -0.25) is 9.59 Å². The van der Waals surface area contributed by atoms with Crippen LogP contribution in [-0.4, -0.2) is 41.3 Å². The zero-order valence-corrected chi connectivity index (χ0v) is 17.4. The minimum Gasteiger partial charge on any atom is -0.494 e. The molecule has 160 valence electrons. The van der Waals surface area contributed by atoms with Gasteiger partial charge in [0.05, 0.1) is 29.7 Å². The Balaban J connectivity index is 1.71. The average Bonchev–Trinajstić information content (AvgIpc) is 3.54. The summed E-state index contributed by atoms with van der Waals surface area (Å²) in [6.07, 6.45) is 1.73. The number of ether oxygens (including phenoxy) is 1. The Bertz CT molecular complexity index is 1140. The van der Waals surface area contributed by atoms with Crippen molar-refractivity contribution >= 4 is 29.0 Å². The standard InChI is InChI=1S/C21H22N6O4/c1-11-9-16(31-27-11)13-5-4-6-14(19(13)30-3)23-15-10-17(24-20(28)12-7-8-12)25-26-18(15)21(29)22-2/h4-6,9-10,12H,7-8H2,1-3H3,(H,22,29)(H2,23,24,25,28). The summed E-state index contributed by atoms with van der Waals surface area (Å²) in [6, 6.07) is 8.83. The molecule has 3 N–H and O–H groups in total. The number of para-hydroxylation sites is 1. The maximum Gasteiger partial charge on any atom is 0.273 e. The SMILES string of the molecule is CNC(=O)c1nnc(NC(=O)C2CC2)cc1Nc1cccc(-c2cc(C)no2)c1OC. The van der Waals surface area contributed by atoms with Crippen molar-refractivity contribution in [1.82, 2.24) is 20.7 Å². The van der Waals surface area contributed by atoms with E-state index < -0.39 is 5.91 Å². The molecule has 0 saturated heterocycles. The van der Waals surface area contributed by atoms with E-state index in [2.05, 4.69) is 31.3 Å².